The van der Waals surface area contributed by atoms with E-state index in [1.807, 2.05) is 6.07 Å². The van der Waals surface area contributed by atoms with E-state index in [4.69, 9.17) is 15.2 Å². The summed E-state index contributed by atoms with van der Waals surface area (Å²) in [6.45, 7) is 0.863. The first kappa shape index (κ1) is 12.9. The van der Waals surface area contributed by atoms with E-state index in [1.54, 1.807) is 7.11 Å². The van der Waals surface area contributed by atoms with Crippen LogP contribution < -0.4 is 10.5 Å². The highest BCUT2D eigenvalue weighted by atomic mass is 16.5. The van der Waals surface area contributed by atoms with Crippen molar-refractivity contribution in [2.24, 2.45) is 11.7 Å². The highest BCUT2D eigenvalue weighted by Crippen LogP contribution is 2.35. The topological polar surface area (TPSA) is 44.5 Å². The van der Waals surface area contributed by atoms with E-state index < -0.39 is 0 Å². The molecule has 2 atom stereocenters. The van der Waals surface area contributed by atoms with Crippen LogP contribution in [0, 0.1) is 5.92 Å². The molecule has 2 unspecified atom stereocenters. The molecule has 2 aliphatic carbocycles. The zero-order valence-electron chi connectivity index (χ0n) is 11.6. The number of benzene rings is 1. The summed E-state index contributed by atoms with van der Waals surface area (Å²) in [5.74, 6) is 1.81. The number of aryl methyl sites for hydroxylation is 1. The molecule has 0 aliphatic heterocycles. The van der Waals surface area contributed by atoms with E-state index in [-0.39, 0.29) is 12.1 Å². The van der Waals surface area contributed by atoms with Crippen molar-refractivity contribution >= 4 is 0 Å². The van der Waals surface area contributed by atoms with Crippen molar-refractivity contribution in [3.63, 3.8) is 0 Å². The summed E-state index contributed by atoms with van der Waals surface area (Å²) in [7, 11) is 1.69. The van der Waals surface area contributed by atoms with Crippen LogP contribution in [0.4, 0.5) is 0 Å². The van der Waals surface area contributed by atoms with E-state index in [0.717, 1.165) is 31.1 Å². The van der Waals surface area contributed by atoms with Gasteiger partial charge in [-0.2, -0.15) is 0 Å². The third-order valence-corrected chi connectivity index (χ3v) is 4.37. The van der Waals surface area contributed by atoms with Crippen LogP contribution in [0.2, 0.25) is 0 Å². The van der Waals surface area contributed by atoms with Crippen molar-refractivity contribution < 1.29 is 9.47 Å². The molecule has 2 aliphatic rings. The number of fused-ring (bicyclic) bond motifs is 1. The number of hydrogen-bond donors (Lipinski definition) is 1. The fraction of sp³-hybridized carbons (Fsp3) is 0.625. The van der Waals surface area contributed by atoms with Gasteiger partial charge in [-0.15, -0.1) is 0 Å². The van der Waals surface area contributed by atoms with Crippen LogP contribution in [0.15, 0.2) is 18.2 Å². The number of methoxy groups -OCH3 is 1. The summed E-state index contributed by atoms with van der Waals surface area (Å²) in [5, 5.41) is 0. The van der Waals surface area contributed by atoms with Gasteiger partial charge >= 0.3 is 0 Å². The summed E-state index contributed by atoms with van der Waals surface area (Å²) in [4.78, 5) is 0. The van der Waals surface area contributed by atoms with Crippen molar-refractivity contribution in [2.75, 3.05) is 13.7 Å². The Morgan fingerprint density at radius 2 is 2.11 bits per heavy atom. The summed E-state index contributed by atoms with van der Waals surface area (Å²) in [6.07, 6.45) is 6.24. The predicted molar refractivity (Wildman–Crippen MR) is 75.3 cm³/mol. The number of hydrogen-bond acceptors (Lipinski definition) is 3. The number of ether oxygens (including phenoxy) is 2. The average Bonchev–Trinajstić information content (AvgIpc) is 3.25. The Morgan fingerprint density at radius 3 is 2.84 bits per heavy atom. The van der Waals surface area contributed by atoms with Gasteiger partial charge in [-0.05, 0) is 48.4 Å². The maximum atomic E-state index is 6.37. The van der Waals surface area contributed by atoms with Crippen LogP contribution in [-0.4, -0.2) is 19.8 Å². The first-order valence-electron chi connectivity index (χ1n) is 7.32. The molecule has 1 saturated carbocycles. The lowest BCUT2D eigenvalue weighted by Crippen LogP contribution is -2.34. The molecule has 1 fully saturated rings. The first-order chi connectivity index (χ1) is 9.28. The van der Waals surface area contributed by atoms with Gasteiger partial charge in [0.15, 0.2) is 0 Å². The molecule has 1 aromatic rings. The second kappa shape index (κ2) is 5.51. The zero-order chi connectivity index (χ0) is 13.2. The van der Waals surface area contributed by atoms with E-state index in [2.05, 4.69) is 12.1 Å². The summed E-state index contributed by atoms with van der Waals surface area (Å²) in [5.41, 5.74) is 8.91. The van der Waals surface area contributed by atoms with Gasteiger partial charge in [0.05, 0.1) is 19.3 Å². The largest absolute Gasteiger partial charge is 0.497 e. The Labute approximate surface area is 115 Å². The maximum Gasteiger partial charge on any atom is 0.119 e. The molecule has 0 bridgehead atoms. The van der Waals surface area contributed by atoms with Crippen LogP contribution in [0.25, 0.3) is 0 Å². The van der Waals surface area contributed by atoms with E-state index in [1.165, 1.54) is 30.4 Å². The molecule has 0 spiro atoms. The molecule has 3 heteroatoms. The molecule has 0 aromatic heterocycles. The van der Waals surface area contributed by atoms with Gasteiger partial charge in [-0.3, -0.25) is 0 Å². The molecule has 104 valence electrons. The monoisotopic (exact) mass is 261 g/mol. The summed E-state index contributed by atoms with van der Waals surface area (Å²) < 4.78 is 11.3. The van der Waals surface area contributed by atoms with Crippen molar-refractivity contribution in [2.45, 2.75) is 44.2 Å². The molecule has 2 N–H and O–H groups in total. The Hall–Kier alpha value is -1.06. The van der Waals surface area contributed by atoms with Crippen LogP contribution >= 0.6 is 0 Å². The van der Waals surface area contributed by atoms with Crippen LogP contribution in [0.5, 0.6) is 5.75 Å². The molecule has 1 aromatic carbocycles. The lowest BCUT2D eigenvalue weighted by molar-refractivity contribution is 0.0219. The molecule has 3 rings (SSSR count). The Morgan fingerprint density at radius 1 is 1.26 bits per heavy atom. The van der Waals surface area contributed by atoms with E-state index in [0.29, 0.717) is 0 Å². The van der Waals surface area contributed by atoms with E-state index >= 15 is 0 Å². The second-order valence-corrected chi connectivity index (χ2v) is 5.77. The fourth-order valence-corrected chi connectivity index (χ4v) is 2.90. The van der Waals surface area contributed by atoms with Gasteiger partial charge in [0.2, 0.25) is 0 Å². The average molecular weight is 261 g/mol. The summed E-state index contributed by atoms with van der Waals surface area (Å²) in [6, 6.07) is 6.20. The molecule has 0 heterocycles. The Kier molecular flexibility index (Phi) is 3.76. The Bertz CT molecular complexity index is 442. The van der Waals surface area contributed by atoms with Gasteiger partial charge < -0.3 is 15.2 Å². The van der Waals surface area contributed by atoms with E-state index in [9.17, 15) is 0 Å². The smallest absolute Gasteiger partial charge is 0.119 e. The van der Waals surface area contributed by atoms with Crippen molar-refractivity contribution in [1.82, 2.24) is 0 Å². The van der Waals surface area contributed by atoms with Crippen molar-refractivity contribution in [3.05, 3.63) is 29.3 Å². The van der Waals surface area contributed by atoms with Gasteiger partial charge in [0.1, 0.15) is 5.75 Å². The Balaban J connectivity index is 1.65. The molecular weight excluding hydrogens is 238 g/mol. The van der Waals surface area contributed by atoms with Crippen LogP contribution in [-0.2, 0) is 11.2 Å². The van der Waals surface area contributed by atoms with Crippen molar-refractivity contribution in [1.29, 1.82) is 0 Å². The minimum Gasteiger partial charge on any atom is -0.497 e. The standard InChI is InChI=1S/C16H23NO2/c1-18-13-6-4-12-5-7-15(16(17)14(12)10-13)19-9-8-11-2-3-11/h4,6,10-11,15-16H,2-3,5,7-9,17H2,1H3. The molecule has 3 nitrogen and oxygen atoms in total. The minimum absolute atomic E-state index is 0.0157. The molecule has 0 saturated heterocycles. The lowest BCUT2D eigenvalue weighted by Gasteiger charge is -2.31. The van der Waals surface area contributed by atoms with Crippen LogP contribution in [0.1, 0.15) is 42.9 Å². The first-order valence-corrected chi connectivity index (χ1v) is 7.32. The quantitative estimate of drug-likeness (QED) is 0.886. The molecule has 0 amide bonds. The maximum absolute atomic E-state index is 6.37. The summed E-state index contributed by atoms with van der Waals surface area (Å²) >= 11 is 0. The van der Waals surface area contributed by atoms with Gasteiger partial charge in [-0.25, -0.2) is 0 Å². The van der Waals surface area contributed by atoms with Crippen LogP contribution in [0.3, 0.4) is 0 Å². The van der Waals surface area contributed by atoms with Crippen molar-refractivity contribution in [3.8, 4) is 5.75 Å². The minimum atomic E-state index is -0.0157. The normalized spacial score (nSPS) is 26.0. The third kappa shape index (κ3) is 2.93. The molecule has 19 heavy (non-hydrogen) atoms. The van der Waals surface area contributed by atoms with Gasteiger partial charge in [0.25, 0.3) is 0 Å². The second-order valence-electron chi connectivity index (χ2n) is 5.77. The highest BCUT2D eigenvalue weighted by molar-refractivity contribution is 5.39. The third-order valence-electron chi connectivity index (χ3n) is 4.37. The zero-order valence-corrected chi connectivity index (χ0v) is 11.6. The lowest BCUT2D eigenvalue weighted by atomic mass is 9.86. The van der Waals surface area contributed by atoms with Gasteiger partial charge in [0, 0.05) is 6.61 Å². The molecule has 0 radical (unpaired) electrons. The van der Waals surface area contributed by atoms with Gasteiger partial charge in [-0.1, -0.05) is 18.9 Å². The fourth-order valence-electron chi connectivity index (χ4n) is 2.90. The molecular formula is C16H23NO2. The SMILES string of the molecule is COc1ccc2c(c1)C(N)C(OCCC1CC1)CC2. The number of nitrogens with two attached hydrogens (primary N) is 1. The number of rotatable bonds is 5. The predicted octanol–water partition coefficient (Wildman–Crippen LogP) is 2.83. The highest BCUT2D eigenvalue weighted by Gasteiger charge is 2.28.